The standard InChI is InChI=1S/C23H25ClN4O6S2/c1-23(31,14-3-2-4-16(24)6-14)15-7-20(35-11-15)21(30)18-9-26-12-27-22(18)28-17-5-13(19(29)8-17)10-34-36(25,32)33/h2-4,6-7,9,11-13,17,19,29,31H,5,8,10H2,1H3,(H2,25,32,33)(H,26,27,28)/t13-,17-,19+,23-/m1/s1. The molecule has 0 saturated heterocycles. The molecule has 1 saturated carbocycles. The highest BCUT2D eigenvalue weighted by Crippen LogP contribution is 2.35. The van der Waals surface area contributed by atoms with Crippen LogP contribution >= 0.6 is 22.9 Å². The molecule has 2 heterocycles. The van der Waals surface area contributed by atoms with Crippen molar-refractivity contribution in [2.75, 3.05) is 11.9 Å². The summed E-state index contributed by atoms with van der Waals surface area (Å²) in [7, 11) is -4.11. The minimum atomic E-state index is -4.11. The predicted molar refractivity (Wildman–Crippen MR) is 135 cm³/mol. The molecular formula is C23H25ClN4O6S2. The number of benzene rings is 1. The molecule has 1 aromatic carbocycles. The Kier molecular flexibility index (Phi) is 7.76. The van der Waals surface area contributed by atoms with Gasteiger partial charge in [-0.3, -0.25) is 8.98 Å². The molecule has 0 amide bonds. The predicted octanol–water partition coefficient (Wildman–Crippen LogP) is 2.45. The van der Waals surface area contributed by atoms with Crippen molar-refractivity contribution in [3.05, 3.63) is 74.8 Å². The molecule has 192 valence electrons. The zero-order chi connectivity index (χ0) is 26.1. The third-order valence-electron chi connectivity index (χ3n) is 6.17. The van der Waals surface area contributed by atoms with Crippen LogP contribution in [0.2, 0.25) is 5.02 Å². The van der Waals surface area contributed by atoms with Crippen LogP contribution < -0.4 is 10.5 Å². The van der Waals surface area contributed by atoms with Crippen LogP contribution in [0.4, 0.5) is 5.82 Å². The lowest BCUT2D eigenvalue weighted by Gasteiger charge is -2.23. The minimum Gasteiger partial charge on any atom is -0.393 e. The Morgan fingerprint density at radius 3 is 2.83 bits per heavy atom. The molecule has 0 spiro atoms. The van der Waals surface area contributed by atoms with Gasteiger partial charge in [0.1, 0.15) is 17.7 Å². The molecule has 4 atom stereocenters. The van der Waals surface area contributed by atoms with Gasteiger partial charge >= 0.3 is 10.3 Å². The van der Waals surface area contributed by atoms with Crippen LogP contribution in [0.3, 0.4) is 0 Å². The van der Waals surface area contributed by atoms with Crippen molar-refractivity contribution in [3.8, 4) is 0 Å². The highest BCUT2D eigenvalue weighted by atomic mass is 35.5. The number of halogens is 1. The van der Waals surface area contributed by atoms with Gasteiger partial charge in [0.2, 0.25) is 5.78 Å². The number of carbonyl (C=O) groups is 1. The van der Waals surface area contributed by atoms with Crippen molar-refractivity contribution in [1.82, 2.24) is 9.97 Å². The second-order valence-corrected chi connectivity index (χ2v) is 11.4. The van der Waals surface area contributed by atoms with Crippen LogP contribution in [0.15, 0.2) is 48.2 Å². The average molecular weight is 553 g/mol. The van der Waals surface area contributed by atoms with Crippen molar-refractivity contribution >= 4 is 44.8 Å². The van der Waals surface area contributed by atoms with Gasteiger partial charge in [0.25, 0.3) is 0 Å². The maximum absolute atomic E-state index is 13.4. The summed E-state index contributed by atoms with van der Waals surface area (Å²) in [6, 6.07) is 8.24. The monoisotopic (exact) mass is 552 g/mol. The molecule has 36 heavy (non-hydrogen) atoms. The number of nitrogens with two attached hydrogens (primary N) is 1. The van der Waals surface area contributed by atoms with Crippen LogP contribution in [-0.4, -0.2) is 53.1 Å². The molecule has 0 bridgehead atoms. The Morgan fingerprint density at radius 1 is 1.33 bits per heavy atom. The fourth-order valence-corrected chi connectivity index (χ4v) is 5.71. The van der Waals surface area contributed by atoms with Gasteiger partial charge < -0.3 is 15.5 Å². The van der Waals surface area contributed by atoms with Gasteiger partial charge in [-0.1, -0.05) is 23.7 Å². The van der Waals surface area contributed by atoms with Gasteiger partial charge in [-0.2, -0.15) is 8.42 Å². The lowest BCUT2D eigenvalue weighted by Crippen LogP contribution is -2.24. The Labute approximate surface area is 217 Å². The Hall–Kier alpha value is -2.45. The zero-order valence-corrected chi connectivity index (χ0v) is 21.6. The lowest BCUT2D eigenvalue weighted by atomic mass is 9.90. The number of rotatable bonds is 9. The number of hydrogen-bond donors (Lipinski definition) is 4. The van der Waals surface area contributed by atoms with E-state index in [4.69, 9.17) is 16.7 Å². The van der Waals surface area contributed by atoms with E-state index in [1.165, 1.54) is 23.9 Å². The summed E-state index contributed by atoms with van der Waals surface area (Å²) in [5, 5.41) is 31.7. The normalized spacial score (nSPS) is 21.8. The molecule has 0 radical (unpaired) electrons. The highest BCUT2D eigenvalue weighted by Gasteiger charge is 2.35. The molecule has 0 unspecified atom stereocenters. The van der Waals surface area contributed by atoms with Crippen LogP contribution in [0.5, 0.6) is 0 Å². The molecular weight excluding hydrogens is 528 g/mol. The molecule has 2 aromatic heterocycles. The lowest BCUT2D eigenvalue weighted by molar-refractivity contribution is 0.100. The number of nitrogens with zero attached hydrogens (tertiary/aromatic N) is 2. The molecule has 1 aliphatic rings. The van der Waals surface area contributed by atoms with Gasteiger partial charge in [-0.15, -0.1) is 11.3 Å². The number of anilines is 1. The second-order valence-electron chi connectivity index (χ2n) is 8.81. The van der Waals surface area contributed by atoms with Crippen molar-refractivity contribution in [1.29, 1.82) is 0 Å². The number of carbonyl (C=O) groups excluding carboxylic acids is 1. The summed E-state index contributed by atoms with van der Waals surface area (Å²) in [6.07, 6.45) is 2.59. The number of nitrogens with one attached hydrogen (secondary N) is 1. The van der Waals surface area contributed by atoms with Gasteiger partial charge in [-0.25, -0.2) is 15.1 Å². The first-order valence-electron chi connectivity index (χ1n) is 11.0. The quantitative estimate of drug-likeness (QED) is 0.292. The van der Waals surface area contributed by atoms with E-state index in [2.05, 4.69) is 19.5 Å². The topological polar surface area (TPSA) is 165 Å². The SMILES string of the molecule is C[C@@](O)(c1cccc(Cl)c1)c1csc(C(=O)c2cncnc2N[C@@H]2C[C@H](COS(N)(=O)=O)[C@@H](O)C2)c1. The van der Waals surface area contributed by atoms with Crippen molar-refractivity contribution < 1.29 is 27.6 Å². The van der Waals surface area contributed by atoms with Gasteiger partial charge in [0, 0.05) is 23.2 Å². The number of aliphatic hydroxyl groups excluding tert-OH is 1. The third-order valence-corrected chi connectivity index (χ3v) is 7.80. The molecule has 5 N–H and O–H groups in total. The maximum Gasteiger partial charge on any atom is 0.333 e. The summed E-state index contributed by atoms with van der Waals surface area (Å²) in [4.78, 5) is 21.9. The average Bonchev–Trinajstić information content (AvgIpc) is 3.44. The maximum atomic E-state index is 13.4. The van der Waals surface area contributed by atoms with E-state index in [-0.39, 0.29) is 29.8 Å². The largest absolute Gasteiger partial charge is 0.393 e. The first kappa shape index (κ1) is 26.6. The highest BCUT2D eigenvalue weighted by molar-refractivity contribution is 7.84. The third kappa shape index (κ3) is 6.09. The zero-order valence-electron chi connectivity index (χ0n) is 19.2. The molecule has 3 aromatic rings. The van der Waals surface area contributed by atoms with E-state index in [0.29, 0.717) is 33.9 Å². The summed E-state index contributed by atoms with van der Waals surface area (Å²) in [6.45, 7) is 1.40. The van der Waals surface area contributed by atoms with Crippen molar-refractivity contribution in [2.45, 2.75) is 37.5 Å². The molecule has 4 rings (SSSR count). The van der Waals surface area contributed by atoms with Gasteiger partial charge in [-0.05, 0) is 54.5 Å². The molecule has 10 nitrogen and oxygen atoms in total. The van der Waals surface area contributed by atoms with Crippen LogP contribution in [0.25, 0.3) is 0 Å². The summed E-state index contributed by atoms with van der Waals surface area (Å²) < 4.78 is 26.8. The van der Waals surface area contributed by atoms with Crippen LogP contribution in [0.1, 0.15) is 46.1 Å². The molecule has 1 aliphatic carbocycles. The Bertz CT molecular complexity index is 1360. The molecule has 1 fully saturated rings. The number of aliphatic hydroxyl groups is 2. The van der Waals surface area contributed by atoms with E-state index >= 15 is 0 Å². The Balaban J connectivity index is 1.50. The Morgan fingerprint density at radius 2 is 2.11 bits per heavy atom. The van der Waals surface area contributed by atoms with Gasteiger partial charge in [0.05, 0.1) is 23.2 Å². The van der Waals surface area contributed by atoms with Crippen molar-refractivity contribution in [3.63, 3.8) is 0 Å². The van der Waals surface area contributed by atoms with E-state index in [1.807, 2.05) is 0 Å². The van der Waals surface area contributed by atoms with Crippen LogP contribution in [0, 0.1) is 5.92 Å². The molecule has 0 aliphatic heterocycles. The van der Waals surface area contributed by atoms with E-state index in [1.54, 1.807) is 42.6 Å². The second kappa shape index (κ2) is 10.5. The van der Waals surface area contributed by atoms with Gasteiger partial charge in [0.15, 0.2) is 0 Å². The summed E-state index contributed by atoms with van der Waals surface area (Å²) >= 11 is 7.27. The number of aromatic nitrogens is 2. The first-order valence-corrected chi connectivity index (χ1v) is 13.7. The van der Waals surface area contributed by atoms with E-state index < -0.39 is 27.9 Å². The fraction of sp³-hybridized carbons (Fsp3) is 0.348. The van der Waals surface area contributed by atoms with Crippen molar-refractivity contribution in [2.24, 2.45) is 11.1 Å². The van der Waals surface area contributed by atoms with E-state index in [0.717, 1.165) is 0 Å². The summed E-state index contributed by atoms with van der Waals surface area (Å²) in [5.74, 6) is -0.490. The number of thiophene rings is 1. The number of ketones is 1. The summed E-state index contributed by atoms with van der Waals surface area (Å²) in [5.41, 5.74) is 0.00788. The smallest absolute Gasteiger partial charge is 0.333 e. The van der Waals surface area contributed by atoms with E-state index in [9.17, 15) is 23.4 Å². The number of hydrogen-bond acceptors (Lipinski definition) is 10. The first-order chi connectivity index (χ1) is 16.9. The molecule has 13 heteroatoms. The van der Waals surface area contributed by atoms with Crippen LogP contribution in [-0.2, 0) is 20.1 Å². The minimum absolute atomic E-state index is 0.229. The fourth-order valence-electron chi connectivity index (χ4n) is 4.19.